The van der Waals surface area contributed by atoms with E-state index >= 15 is 0 Å². The third-order valence-electron chi connectivity index (χ3n) is 4.63. The predicted molar refractivity (Wildman–Crippen MR) is 105 cm³/mol. The number of benzene rings is 1. The Labute approximate surface area is 160 Å². The number of nitrogens with one attached hydrogen (secondary N) is 1. The Bertz CT molecular complexity index is 1070. The fraction of sp³-hybridized carbons (Fsp3) is 0.368. The number of carbonyl (C=O) groups excluding carboxylic acids is 1. The Morgan fingerprint density at radius 3 is 3.04 bits per heavy atom. The Balaban J connectivity index is 1.55. The minimum absolute atomic E-state index is 0.246. The maximum absolute atomic E-state index is 12.6. The van der Waals surface area contributed by atoms with Gasteiger partial charge >= 0.3 is 0 Å². The Hall–Kier alpha value is -2.74. The maximum atomic E-state index is 12.6. The molecule has 2 aromatic heterocycles. The third-order valence-corrected chi connectivity index (χ3v) is 5.56. The van der Waals surface area contributed by atoms with Crippen LogP contribution < -0.4 is 15.6 Å². The largest absolute Gasteiger partial charge is 0.494 e. The summed E-state index contributed by atoms with van der Waals surface area (Å²) in [6.45, 7) is 4.19. The number of thiazole rings is 1. The summed E-state index contributed by atoms with van der Waals surface area (Å²) in [6.07, 6.45) is 2.74. The fourth-order valence-corrected chi connectivity index (χ4v) is 4.13. The predicted octanol–water partition coefficient (Wildman–Crippen LogP) is 2.94. The van der Waals surface area contributed by atoms with Gasteiger partial charge in [0.25, 0.3) is 11.5 Å². The van der Waals surface area contributed by atoms with E-state index in [0.29, 0.717) is 11.7 Å². The van der Waals surface area contributed by atoms with Gasteiger partial charge in [-0.05, 0) is 56.9 Å². The van der Waals surface area contributed by atoms with E-state index < -0.39 is 6.04 Å². The highest BCUT2D eigenvalue weighted by Gasteiger charge is 2.22. The van der Waals surface area contributed by atoms with Crippen LogP contribution in [0.5, 0.6) is 5.75 Å². The number of hydrogen-bond donors (Lipinski definition) is 1. The van der Waals surface area contributed by atoms with Gasteiger partial charge in [-0.25, -0.2) is 9.67 Å². The van der Waals surface area contributed by atoms with E-state index in [2.05, 4.69) is 15.4 Å². The first kappa shape index (κ1) is 17.7. The van der Waals surface area contributed by atoms with E-state index in [-0.39, 0.29) is 11.5 Å². The van der Waals surface area contributed by atoms with Crippen molar-refractivity contribution in [3.8, 4) is 5.75 Å². The molecule has 27 heavy (non-hydrogen) atoms. The van der Waals surface area contributed by atoms with Gasteiger partial charge in [0.15, 0.2) is 5.13 Å². The number of aryl methyl sites for hydroxylation is 2. The standard InChI is InChI=1S/C19H20N4O3S/c1-3-26-13-7-8-15-16(10-13)27-19(20-15)21-18(25)11(2)23-17(24)9-12-5-4-6-14(12)22-23/h7-11H,3-6H2,1-2H3,(H,20,21,25)/t11-/m0/s1. The SMILES string of the molecule is CCOc1ccc2nc(NC(=O)[C@H](C)n3nc4c(cc3=O)CCC4)sc2c1. The molecule has 3 aromatic rings. The lowest BCUT2D eigenvalue weighted by Gasteiger charge is -2.14. The third kappa shape index (κ3) is 3.44. The number of anilines is 1. The zero-order valence-corrected chi connectivity index (χ0v) is 16.0. The molecule has 1 aliphatic carbocycles. The van der Waals surface area contributed by atoms with Crippen molar-refractivity contribution in [2.75, 3.05) is 11.9 Å². The van der Waals surface area contributed by atoms with Crippen LogP contribution in [-0.2, 0) is 17.6 Å². The normalized spacial score (nSPS) is 14.1. The second kappa shape index (κ2) is 7.11. The van der Waals surface area contributed by atoms with Crippen molar-refractivity contribution < 1.29 is 9.53 Å². The number of rotatable bonds is 5. The molecule has 0 fully saturated rings. The highest BCUT2D eigenvalue weighted by molar-refractivity contribution is 7.22. The van der Waals surface area contributed by atoms with Crippen LogP contribution in [0.25, 0.3) is 10.2 Å². The highest BCUT2D eigenvalue weighted by Crippen LogP contribution is 2.29. The van der Waals surface area contributed by atoms with Crippen molar-refractivity contribution in [1.29, 1.82) is 0 Å². The van der Waals surface area contributed by atoms with Gasteiger partial charge in [0.05, 0.1) is 22.5 Å². The molecular weight excluding hydrogens is 364 g/mol. The average molecular weight is 384 g/mol. The van der Waals surface area contributed by atoms with Crippen LogP contribution >= 0.6 is 11.3 Å². The Morgan fingerprint density at radius 1 is 1.37 bits per heavy atom. The molecular formula is C19H20N4O3S. The number of nitrogens with zero attached hydrogens (tertiary/aromatic N) is 3. The molecule has 1 N–H and O–H groups in total. The van der Waals surface area contributed by atoms with Gasteiger partial charge < -0.3 is 10.1 Å². The van der Waals surface area contributed by atoms with E-state index in [1.54, 1.807) is 13.0 Å². The van der Waals surface area contributed by atoms with Gasteiger partial charge in [0.1, 0.15) is 11.8 Å². The van der Waals surface area contributed by atoms with Crippen LogP contribution in [-0.4, -0.2) is 27.3 Å². The minimum atomic E-state index is -0.714. The van der Waals surface area contributed by atoms with Gasteiger partial charge in [-0.2, -0.15) is 5.10 Å². The van der Waals surface area contributed by atoms with Gasteiger partial charge in [0.2, 0.25) is 0 Å². The molecule has 1 aromatic carbocycles. The minimum Gasteiger partial charge on any atom is -0.494 e. The number of hydrogen-bond acceptors (Lipinski definition) is 6. The van der Waals surface area contributed by atoms with Gasteiger partial charge in [-0.15, -0.1) is 0 Å². The Morgan fingerprint density at radius 2 is 2.22 bits per heavy atom. The quantitative estimate of drug-likeness (QED) is 0.731. The Kier molecular flexibility index (Phi) is 4.65. The first-order valence-electron chi connectivity index (χ1n) is 9.01. The van der Waals surface area contributed by atoms with E-state index in [0.717, 1.165) is 46.5 Å². The second-order valence-electron chi connectivity index (χ2n) is 6.50. The lowest BCUT2D eigenvalue weighted by Crippen LogP contribution is -2.33. The second-order valence-corrected chi connectivity index (χ2v) is 7.53. The summed E-state index contributed by atoms with van der Waals surface area (Å²) >= 11 is 1.37. The first-order valence-corrected chi connectivity index (χ1v) is 9.82. The van der Waals surface area contributed by atoms with Crippen molar-refractivity contribution >= 4 is 32.6 Å². The summed E-state index contributed by atoms with van der Waals surface area (Å²) in [7, 11) is 0. The number of fused-ring (bicyclic) bond motifs is 2. The first-order chi connectivity index (χ1) is 13.0. The molecule has 140 valence electrons. The lowest BCUT2D eigenvalue weighted by molar-refractivity contribution is -0.119. The van der Waals surface area contributed by atoms with Crippen molar-refractivity contribution in [1.82, 2.24) is 14.8 Å². The maximum Gasteiger partial charge on any atom is 0.267 e. The van der Waals surface area contributed by atoms with Crippen molar-refractivity contribution in [2.24, 2.45) is 0 Å². The molecule has 1 aliphatic rings. The summed E-state index contributed by atoms with van der Waals surface area (Å²) < 4.78 is 7.69. The van der Waals surface area contributed by atoms with Crippen LogP contribution in [0, 0.1) is 0 Å². The van der Waals surface area contributed by atoms with E-state index in [1.165, 1.54) is 16.0 Å². The van der Waals surface area contributed by atoms with Gasteiger partial charge in [0, 0.05) is 6.07 Å². The zero-order valence-electron chi connectivity index (χ0n) is 15.2. The molecule has 4 rings (SSSR count). The molecule has 8 heteroatoms. The lowest BCUT2D eigenvalue weighted by atomic mass is 10.2. The summed E-state index contributed by atoms with van der Waals surface area (Å²) in [5.74, 6) is 0.459. The molecule has 0 bridgehead atoms. The fourth-order valence-electron chi connectivity index (χ4n) is 3.23. The molecule has 0 spiro atoms. The average Bonchev–Trinajstić information content (AvgIpc) is 3.25. The molecule has 0 aliphatic heterocycles. The molecule has 0 saturated heterocycles. The van der Waals surface area contributed by atoms with Crippen molar-refractivity contribution in [3.63, 3.8) is 0 Å². The molecule has 0 radical (unpaired) electrons. The summed E-state index contributed by atoms with van der Waals surface area (Å²) in [5, 5.41) is 7.69. The van der Waals surface area contributed by atoms with Crippen LogP contribution in [0.1, 0.15) is 37.6 Å². The molecule has 7 nitrogen and oxygen atoms in total. The van der Waals surface area contributed by atoms with Gasteiger partial charge in [-0.1, -0.05) is 11.3 Å². The van der Waals surface area contributed by atoms with Crippen LogP contribution in [0.3, 0.4) is 0 Å². The smallest absolute Gasteiger partial charge is 0.267 e. The van der Waals surface area contributed by atoms with E-state index in [4.69, 9.17) is 4.74 Å². The van der Waals surface area contributed by atoms with Crippen LogP contribution in [0.4, 0.5) is 5.13 Å². The van der Waals surface area contributed by atoms with Gasteiger partial charge in [-0.3, -0.25) is 9.59 Å². The number of ether oxygens (including phenoxy) is 1. The molecule has 0 saturated carbocycles. The topological polar surface area (TPSA) is 86.1 Å². The number of aromatic nitrogens is 3. The molecule has 0 unspecified atom stereocenters. The number of carbonyl (C=O) groups is 1. The molecule has 1 atom stereocenters. The summed E-state index contributed by atoms with van der Waals surface area (Å²) in [4.78, 5) is 29.4. The molecule has 2 heterocycles. The van der Waals surface area contributed by atoms with E-state index in [9.17, 15) is 9.59 Å². The zero-order chi connectivity index (χ0) is 19.0. The molecule has 1 amide bonds. The summed E-state index contributed by atoms with van der Waals surface area (Å²) in [6, 6.07) is 6.51. The number of amides is 1. The monoisotopic (exact) mass is 384 g/mol. The van der Waals surface area contributed by atoms with Crippen molar-refractivity contribution in [3.05, 3.63) is 45.9 Å². The summed E-state index contributed by atoms with van der Waals surface area (Å²) in [5.41, 5.74) is 2.46. The van der Waals surface area contributed by atoms with E-state index in [1.807, 2.05) is 25.1 Å². The highest BCUT2D eigenvalue weighted by atomic mass is 32.1. The van der Waals surface area contributed by atoms with Crippen molar-refractivity contribution in [2.45, 2.75) is 39.2 Å². The van der Waals surface area contributed by atoms with Crippen LogP contribution in [0.2, 0.25) is 0 Å². The van der Waals surface area contributed by atoms with Crippen LogP contribution in [0.15, 0.2) is 29.1 Å².